The van der Waals surface area contributed by atoms with E-state index in [-0.39, 0.29) is 12.5 Å². The van der Waals surface area contributed by atoms with Gasteiger partial charge in [-0.25, -0.2) is 0 Å². The van der Waals surface area contributed by atoms with E-state index in [1.165, 1.54) is 45.2 Å². The molecule has 4 heteroatoms. The smallest absolute Gasteiger partial charge is 0.228 e. The van der Waals surface area contributed by atoms with Crippen molar-refractivity contribution in [2.24, 2.45) is 11.3 Å². The van der Waals surface area contributed by atoms with Gasteiger partial charge in [-0.2, -0.15) is 0 Å². The Bertz CT molecular complexity index is 352. The van der Waals surface area contributed by atoms with Gasteiger partial charge in [0.15, 0.2) is 0 Å². The van der Waals surface area contributed by atoms with Crippen molar-refractivity contribution < 1.29 is 9.90 Å². The highest BCUT2D eigenvalue weighted by atomic mass is 16.3. The normalized spacial score (nSPS) is 32.5. The molecule has 114 valence electrons. The van der Waals surface area contributed by atoms with E-state index in [0.29, 0.717) is 0 Å². The first-order valence-electron chi connectivity index (χ1n) is 8.38. The van der Waals surface area contributed by atoms with Gasteiger partial charge in [-0.1, -0.05) is 6.42 Å². The van der Waals surface area contributed by atoms with Gasteiger partial charge in [0, 0.05) is 12.6 Å². The van der Waals surface area contributed by atoms with Gasteiger partial charge in [0.2, 0.25) is 5.91 Å². The average molecular weight is 280 g/mol. The number of hydrogen-bond donors (Lipinski definition) is 2. The SMILES string of the molecule is O=C(NCC[C@@H]1CCCN2CCCC[C@H]12)C1(CO)CC1. The van der Waals surface area contributed by atoms with Gasteiger partial charge in [0.05, 0.1) is 12.0 Å². The van der Waals surface area contributed by atoms with E-state index in [4.69, 9.17) is 0 Å². The summed E-state index contributed by atoms with van der Waals surface area (Å²) in [5, 5.41) is 12.3. The first-order chi connectivity index (χ1) is 9.75. The summed E-state index contributed by atoms with van der Waals surface area (Å²) >= 11 is 0. The van der Waals surface area contributed by atoms with E-state index in [2.05, 4.69) is 10.2 Å². The standard InChI is InChI=1S/C16H28N2O2/c19-12-16(7-8-16)15(20)17-9-6-13-4-3-11-18-10-2-1-5-14(13)18/h13-14,19H,1-12H2,(H,17,20)/t13-,14+/m0/s1. The summed E-state index contributed by atoms with van der Waals surface area (Å²) in [7, 11) is 0. The Balaban J connectivity index is 1.44. The van der Waals surface area contributed by atoms with Gasteiger partial charge in [0.1, 0.15) is 0 Å². The topological polar surface area (TPSA) is 52.6 Å². The van der Waals surface area contributed by atoms with Crippen LogP contribution in [0.1, 0.15) is 51.4 Å². The minimum atomic E-state index is -0.413. The number of amides is 1. The highest BCUT2D eigenvalue weighted by molar-refractivity contribution is 5.85. The van der Waals surface area contributed by atoms with E-state index in [9.17, 15) is 9.90 Å². The van der Waals surface area contributed by atoms with Gasteiger partial charge >= 0.3 is 0 Å². The molecular formula is C16H28N2O2. The molecule has 0 aromatic carbocycles. The molecule has 2 N–H and O–H groups in total. The summed E-state index contributed by atoms with van der Waals surface area (Å²) in [6.45, 7) is 3.36. The minimum Gasteiger partial charge on any atom is -0.395 e. The van der Waals surface area contributed by atoms with Crippen molar-refractivity contribution >= 4 is 5.91 Å². The van der Waals surface area contributed by atoms with Crippen LogP contribution in [0, 0.1) is 11.3 Å². The molecule has 0 bridgehead atoms. The number of piperidine rings is 2. The molecule has 2 saturated heterocycles. The van der Waals surface area contributed by atoms with Crippen molar-refractivity contribution in [1.82, 2.24) is 10.2 Å². The largest absolute Gasteiger partial charge is 0.395 e. The number of nitrogens with one attached hydrogen (secondary N) is 1. The molecule has 0 aromatic heterocycles. The highest BCUT2D eigenvalue weighted by Gasteiger charge is 2.49. The number of rotatable bonds is 5. The number of aliphatic hydroxyl groups excluding tert-OH is 1. The third kappa shape index (κ3) is 2.86. The van der Waals surface area contributed by atoms with E-state index in [0.717, 1.165) is 37.8 Å². The zero-order valence-electron chi connectivity index (χ0n) is 12.4. The molecule has 0 radical (unpaired) electrons. The summed E-state index contributed by atoms with van der Waals surface area (Å²) in [5.74, 6) is 0.838. The Kier molecular flexibility index (Phi) is 4.32. The second-order valence-electron chi connectivity index (χ2n) is 6.98. The third-order valence-electron chi connectivity index (χ3n) is 5.67. The number of hydrogen-bond acceptors (Lipinski definition) is 3. The third-order valence-corrected chi connectivity index (χ3v) is 5.67. The molecule has 4 nitrogen and oxygen atoms in total. The van der Waals surface area contributed by atoms with Crippen LogP contribution in [0.4, 0.5) is 0 Å². The number of fused-ring (bicyclic) bond motifs is 1. The van der Waals surface area contributed by atoms with E-state index in [1.807, 2.05) is 0 Å². The van der Waals surface area contributed by atoms with Crippen molar-refractivity contribution in [3.8, 4) is 0 Å². The summed E-state index contributed by atoms with van der Waals surface area (Å²) < 4.78 is 0. The second-order valence-corrected chi connectivity index (χ2v) is 6.98. The molecule has 0 unspecified atom stereocenters. The zero-order chi connectivity index (χ0) is 14.0. The summed E-state index contributed by atoms with van der Waals surface area (Å²) in [6, 6.07) is 0.766. The molecule has 2 atom stereocenters. The fourth-order valence-corrected chi connectivity index (χ4v) is 4.08. The Hall–Kier alpha value is -0.610. The van der Waals surface area contributed by atoms with Crippen molar-refractivity contribution in [1.29, 1.82) is 0 Å². The Morgan fingerprint density at radius 1 is 1.20 bits per heavy atom. The fraction of sp³-hybridized carbons (Fsp3) is 0.938. The van der Waals surface area contributed by atoms with Crippen LogP contribution < -0.4 is 5.32 Å². The first-order valence-corrected chi connectivity index (χ1v) is 8.38. The van der Waals surface area contributed by atoms with Crippen LogP contribution in [0.15, 0.2) is 0 Å². The number of carbonyl (C=O) groups excluding carboxylic acids is 1. The molecule has 1 saturated carbocycles. The predicted octanol–water partition coefficient (Wildman–Crippen LogP) is 1.53. The summed E-state index contributed by atoms with van der Waals surface area (Å²) in [6.07, 6.45) is 9.53. The lowest BCUT2D eigenvalue weighted by atomic mass is 9.81. The molecule has 3 aliphatic rings. The molecule has 1 aliphatic carbocycles. The van der Waals surface area contributed by atoms with Gasteiger partial charge in [0.25, 0.3) is 0 Å². The molecule has 0 spiro atoms. The van der Waals surface area contributed by atoms with Crippen LogP contribution in [-0.2, 0) is 4.79 Å². The highest BCUT2D eigenvalue weighted by Crippen LogP contribution is 2.45. The molecule has 20 heavy (non-hydrogen) atoms. The van der Waals surface area contributed by atoms with Crippen LogP contribution in [0.3, 0.4) is 0 Å². The Labute approximate surface area is 121 Å². The molecular weight excluding hydrogens is 252 g/mol. The van der Waals surface area contributed by atoms with Crippen LogP contribution in [0.5, 0.6) is 0 Å². The number of aliphatic hydroxyl groups is 1. The minimum absolute atomic E-state index is 0.0126. The summed E-state index contributed by atoms with van der Waals surface area (Å²) in [5.41, 5.74) is -0.413. The maximum absolute atomic E-state index is 12.0. The van der Waals surface area contributed by atoms with Crippen molar-refractivity contribution in [2.75, 3.05) is 26.2 Å². The van der Waals surface area contributed by atoms with Crippen LogP contribution in [0.25, 0.3) is 0 Å². The van der Waals surface area contributed by atoms with E-state index < -0.39 is 5.41 Å². The molecule has 2 aliphatic heterocycles. The predicted molar refractivity (Wildman–Crippen MR) is 78.3 cm³/mol. The van der Waals surface area contributed by atoms with E-state index >= 15 is 0 Å². The average Bonchev–Trinajstić information content (AvgIpc) is 3.28. The molecule has 3 fully saturated rings. The molecule has 3 rings (SSSR count). The van der Waals surface area contributed by atoms with Gasteiger partial charge in [-0.05, 0) is 64.0 Å². The van der Waals surface area contributed by atoms with E-state index in [1.54, 1.807) is 0 Å². The lowest BCUT2D eigenvalue weighted by Gasteiger charge is -2.44. The Morgan fingerprint density at radius 3 is 2.75 bits per heavy atom. The number of carbonyl (C=O) groups is 1. The lowest BCUT2D eigenvalue weighted by molar-refractivity contribution is -0.127. The molecule has 0 aromatic rings. The maximum atomic E-state index is 12.0. The lowest BCUT2D eigenvalue weighted by Crippen LogP contribution is -2.48. The monoisotopic (exact) mass is 280 g/mol. The van der Waals surface area contributed by atoms with Gasteiger partial charge in [-0.15, -0.1) is 0 Å². The Morgan fingerprint density at radius 2 is 2.00 bits per heavy atom. The maximum Gasteiger partial charge on any atom is 0.228 e. The quantitative estimate of drug-likeness (QED) is 0.803. The van der Waals surface area contributed by atoms with Crippen molar-refractivity contribution in [2.45, 2.75) is 57.4 Å². The van der Waals surface area contributed by atoms with Gasteiger partial charge in [-0.3, -0.25) is 4.79 Å². The van der Waals surface area contributed by atoms with Crippen molar-refractivity contribution in [3.63, 3.8) is 0 Å². The molecule has 1 amide bonds. The number of nitrogens with zero attached hydrogens (tertiary/aromatic N) is 1. The van der Waals surface area contributed by atoms with Crippen LogP contribution in [-0.4, -0.2) is 48.2 Å². The zero-order valence-corrected chi connectivity index (χ0v) is 12.4. The van der Waals surface area contributed by atoms with Crippen molar-refractivity contribution in [3.05, 3.63) is 0 Å². The molecule has 2 heterocycles. The van der Waals surface area contributed by atoms with Gasteiger partial charge < -0.3 is 15.3 Å². The fourth-order valence-electron chi connectivity index (χ4n) is 4.08. The van der Waals surface area contributed by atoms with Crippen LogP contribution >= 0.6 is 0 Å². The second kappa shape index (κ2) is 6.02. The summed E-state index contributed by atoms with van der Waals surface area (Å²) in [4.78, 5) is 14.7. The first kappa shape index (κ1) is 14.3. The van der Waals surface area contributed by atoms with Crippen LogP contribution in [0.2, 0.25) is 0 Å².